The van der Waals surface area contributed by atoms with Gasteiger partial charge in [0.05, 0.1) is 21.4 Å². The van der Waals surface area contributed by atoms with Crippen LogP contribution in [0.4, 0.5) is 17.1 Å². The Morgan fingerprint density at radius 1 is 1.10 bits per heavy atom. The number of oxazole rings is 1. The number of nitrogens with one attached hydrogen (secondary N) is 2. The van der Waals surface area contributed by atoms with E-state index in [1.54, 1.807) is 6.07 Å². The zero-order valence-corrected chi connectivity index (χ0v) is 14.9. The molecule has 0 bridgehead atoms. The van der Waals surface area contributed by atoms with Crippen LogP contribution in [0.15, 0.2) is 51.7 Å². The number of benzene rings is 2. The second-order valence-corrected chi connectivity index (χ2v) is 5.98. The molecule has 12 nitrogen and oxygen atoms in total. The molecule has 1 heterocycles. The van der Waals surface area contributed by atoms with Crippen LogP contribution in [0.2, 0.25) is 0 Å². The standard InChI is InChI=1S/C17H15N5O7/c23-16(19-18-12-4-1-2-5-13(12)22(27)28)6-3-9-20-14-8-7-11(21(25)26)10-15(14)29-17(20)24/h1-2,4-5,7-8,10,18H,3,6,9H2,(H,19,23). The van der Waals surface area contributed by atoms with E-state index in [-0.39, 0.29) is 42.0 Å². The molecule has 2 N–H and O–H groups in total. The van der Waals surface area contributed by atoms with Gasteiger partial charge in [-0.2, -0.15) is 0 Å². The average molecular weight is 401 g/mol. The molecule has 150 valence electrons. The number of aryl methyl sites for hydroxylation is 1. The number of non-ortho nitro benzene ring substituents is 1. The molecule has 0 unspecified atom stereocenters. The summed E-state index contributed by atoms with van der Waals surface area (Å²) in [6.45, 7) is 0.155. The van der Waals surface area contributed by atoms with Crippen LogP contribution in [0, 0.1) is 20.2 Å². The predicted octanol–water partition coefficient (Wildman–Crippen LogP) is 2.33. The van der Waals surface area contributed by atoms with Crippen molar-refractivity contribution in [2.45, 2.75) is 19.4 Å². The lowest BCUT2D eigenvalue weighted by Gasteiger charge is -2.09. The highest BCUT2D eigenvalue weighted by Gasteiger charge is 2.15. The van der Waals surface area contributed by atoms with Gasteiger partial charge in [-0.3, -0.25) is 40.4 Å². The molecular weight excluding hydrogens is 386 g/mol. The summed E-state index contributed by atoms with van der Waals surface area (Å²) in [5, 5.41) is 21.7. The SMILES string of the molecule is O=C(CCCn1c(=O)oc2cc([N+](=O)[O-])ccc21)NNc1ccccc1[N+](=O)[O-]. The van der Waals surface area contributed by atoms with Crippen LogP contribution >= 0.6 is 0 Å². The molecule has 2 aromatic carbocycles. The summed E-state index contributed by atoms with van der Waals surface area (Å²) >= 11 is 0. The van der Waals surface area contributed by atoms with E-state index in [0.717, 1.165) is 6.07 Å². The number of nitro groups is 2. The fourth-order valence-corrected chi connectivity index (χ4v) is 2.72. The second-order valence-electron chi connectivity index (χ2n) is 5.98. The number of nitro benzene ring substituents is 2. The Bertz CT molecular complexity index is 1150. The molecule has 0 aliphatic heterocycles. The molecule has 0 radical (unpaired) electrons. The summed E-state index contributed by atoms with van der Waals surface area (Å²) in [6.07, 6.45) is 0.301. The largest absolute Gasteiger partial charge is 0.419 e. The molecule has 29 heavy (non-hydrogen) atoms. The predicted molar refractivity (Wildman–Crippen MR) is 101 cm³/mol. The van der Waals surface area contributed by atoms with Crippen molar-refractivity contribution >= 4 is 34.1 Å². The number of fused-ring (bicyclic) bond motifs is 1. The number of para-hydroxylation sites is 2. The van der Waals surface area contributed by atoms with Crippen LogP contribution in [-0.2, 0) is 11.3 Å². The Morgan fingerprint density at radius 2 is 1.86 bits per heavy atom. The molecule has 12 heteroatoms. The quantitative estimate of drug-likeness (QED) is 0.429. The third-order valence-electron chi connectivity index (χ3n) is 4.09. The van der Waals surface area contributed by atoms with Crippen molar-refractivity contribution in [3.05, 3.63) is 73.2 Å². The van der Waals surface area contributed by atoms with Crippen LogP contribution in [-0.4, -0.2) is 20.3 Å². The van der Waals surface area contributed by atoms with E-state index < -0.39 is 21.5 Å². The molecule has 0 spiro atoms. The maximum atomic E-state index is 12.0. The summed E-state index contributed by atoms with van der Waals surface area (Å²) in [6, 6.07) is 9.68. The number of hydrogen-bond acceptors (Lipinski definition) is 8. The van der Waals surface area contributed by atoms with Crippen molar-refractivity contribution < 1.29 is 19.1 Å². The van der Waals surface area contributed by atoms with E-state index in [0.29, 0.717) is 5.52 Å². The van der Waals surface area contributed by atoms with E-state index in [1.165, 1.54) is 34.9 Å². The van der Waals surface area contributed by atoms with Gasteiger partial charge in [-0.15, -0.1) is 0 Å². The number of nitrogens with zero attached hydrogens (tertiary/aromatic N) is 3. The molecule has 3 rings (SSSR count). The van der Waals surface area contributed by atoms with Crippen LogP contribution in [0.1, 0.15) is 12.8 Å². The molecule has 0 aliphatic rings. The highest BCUT2D eigenvalue weighted by Crippen LogP contribution is 2.22. The van der Waals surface area contributed by atoms with Gasteiger partial charge < -0.3 is 4.42 Å². The Labute approximate surface area is 162 Å². The summed E-state index contributed by atoms with van der Waals surface area (Å²) in [5.41, 5.74) is 5.11. The molecule has 0 fully saturated rings. The van der Waals surface area contributed by atoms with Crippen molar-refractivity contribution in [2.24, 2.45) is 0 Å². The number of rotatable bonds is 8. The summed E-state index contributed by atoms with van der Waals surface area (Å²) < 4.78 is 6.29. The second kappa shape index (κ2) is 8.21. The van der Waals surface area contributed by atoms with E-state index in [9.17, 15) is 29.8 Å². The third kappa shape index (κ3) is 4.37. The Balaban J connectivity index is 1.58. The lowest BCUT2D eigenvalue weighted by atomic mass is 10.2. The van der Waals surface area contributed by atoms with Crippen molar-refractivity contribution in [1.82, 2.24) is 9.99 Å². The van der Waals surface area contributed by atoms with Crippen molar-refractivity contribution in [3.8, 4) is 0 Å². The Morgan fingerprint density at radius 3 is 2.59 bits per heavy atom. The number of hydrogen-bond donors (Lipinski definition) is 2. The lowest BCUT2D eigenvalue weighted by molar-refractivity contribution is -0.384. The van der Waals surface area contributed by atoms with Gasteiger partial charge in [-0.25, -0.2) is 4.79 Å². The molecule has 1 aromatic heterocycles. The van der Waals surface area contributed by atoms with Gasteiger partial charge in [0.1, 0.15) is 5.69 Å². The van der Waals surface area contributed by atoms with Crippen LogP contribution in [0.3, 0.4) is 0 Å². The number of aromatic nitrogens is 1. The van der Waals surface area contributed by atoms with E-state index >= 15 is 0 Å². The smallest absolute Gasteiger partial charge is 0.407 e. The first kappa shape index (κ1) is 19.5. The average Bonchev–Trinajstić information content (AvgIpc) is 3.01. The maximum Gasteiger partial charge on any atom is 0.419 e. The lowest BCUT2D eigenvalue weighted by Crippen LogP contribution is -2.29. The van der Waals surface area contributed by atoms with Gasteiger partial charge in [0.15, 0.2) is 5.58 Å². The number of amides is 1. The molecule has 0 saturated heterocycles. The van der Waals surface area contributed by atoms with E-state index in [1.807, 2.05) is 0 Å². The van der Waals surface area contributed by atoms with Crippen LogP contribution in [0.5, 0.6) is 0 Å². The van der Waals surface area contributed by atoms with Gasteiger partial charge in [-0.1, -0.05) is 12.1 Å². The zero-order chi connectivity index (χ0) is 21.0. The van der Waals surface area contributed by atoms with Crippen LogP contribution in [0.25, 0.3) is 11.1 Å². The van der Waals surface area contributed by atoms with Gasteiger partial charge >= 0.3 is 5.76 Å². The first-order valence-electron chi connectivity index (χ1n) is 8.43. The highest BCUT2D eigenvalue weighted by molar-refractivity contribution is 5.78. The van der Waals surface area contributed by atoms with Crippen molar-refractivity contribution in [3.63, 3.8) is 0 Å². The monoisotopic (exact) mass is 401 g/mol. The van der Waals surface area contributed by atoms with Gasteiger partial charge in [0, 0.05) is 25.1 Å². The zero-order valence-electron chi connectivity index (χ0n) is 14.9. The van der Waals surface area contributed by atoms with Gasteiger partial charge in [0.2, 0.25) is 5.91 Å². The minimum Gasteiger partial charge on any atom is -0.407 e. The topological polar surface area (TPSA) is 163 Å². The first-order chi connectivity index (χ1) is 13.9. The fraction of sp³-hybridized carbons (Fsp3) is 0.176. The molecule has 0 saturated carbocycles. The summed E-state index contributed by atoms with van der Waals surface area (Å²) in [5.74, 6) is -1.11. The normalized spacial score (nSPS) is 10.6. The number of hydrazine groups is 1. The van der Waals surface area contributed by atoms with E-state index in [4.69, 9.17) is 4.42 Å². The molecule has 1 amide bonds. The van der Waals surface area contributed by atoms with Crippen LogP contribution < -0.4 is 16.6 Å². The van der Waals surface area contributed by atoms with Gasteiger partial charge in [-0.05, 0) is 18.6 Å². The first-order valence-corrected chi connectivity index (χ1v) is 8.43. The van der Waals surface area contributed by atoms with E-state index in [2.05, 4.69) is 10.9 Å². The van der Waals surface area contributed by atoms with Gasteiger partial charge in [0.25, 0.3) is 11.4 Å². The Hall–Kier alpha value is -4.22. The minimum atomic E-state index is -0.682. The highest BCUT2D eigenvalue weighted by atomic mass is 16.6. The van der Waals surface area contributed by atoms with Crippen molar-refractivity contribution in [2.75, 3.05) is 5.43 Å². The third-order valence-corrected chi connectivity index (χ3v) is 4.09. The molecular formula is C17H15N5O7. The number of carbonyl (C=O) groups is 1. The molecule has 3 aromatic rings. The molecule has 0 atom stereocenters. The summed E-state index contributed by atoms with van der Waals surface area (Å²) in [7, 11) is 0. The maximum absolute atomic E-state index is 12.0. The minimum absolute atomic E-state index is 0.0275. The molecule has 0 aliphatic carbocycles. The number of anilines is 1. The Kier molecular flexibility index (Phi) is 5.53. The number of carbonyl (C=O) groups excluding carboxylic acids is 1. The van der Waals surface area contributed by atoms with Crippen molar-refractivity contribution in [1.29, 1.82) is 0 Å². The summed E-state index contributed by atoms with van der Waals surface area (Å²) in [4.78, 5) is 44.5. The fourth-order valence-electron chi connectivity index (χ4n) is 2.72.